The average molecular weight is 257 g/mol. The molecule has 0 saturated heterocycles. The van der Waals surface area contributed by atoms with Gasteiger partial charge in [-0.05, 0) is 6.42 Å². The summed E-state index contributed by atoms with van der Waals surface area (Å²) in [4.78, 5) is 11.0. The molecule has 0 N–H and O–H groups in total. The van der Waals surface area contributed by atoms with E-state index < -0.39 is 6.72 Å². The van der Waals surface area contributed by atoms with Gasteiger partial charge in [-0.25, -0.2) is 0 Å². The van der Waals surface area contributed by atoms with Crippen LogP contribution >= 0.6 is 6.72 Å². The van der Waals surface area contributed by atoms with Crippen LogP contribution in [0.3, 0.4) is 0 Å². The van der Waals surface area contributed by atoms with Crippen LogP contribution in [-0.4, -0.2) is 40.1 Å². The summed E-state index contributed by atoms with van der Waals surface area (Å²) < 4.78 is 19.6. The summed E-state index contributed by atoms with van der Waals surface area (Å²) in [5, 5.41) is 0. The largest absolute Gasteiger partial charge is 0.780 e. The first-order valence-corrected chi connectivity index (χ1v) is 7.35. The highest BCUT2D eigenvalue weighted by Crippen LogP contribution is 2.36. The fraction of sp³-hybridized carbons (Fsp3) is 1.00. The van der Waals surface area contributed by atoms with E-state index in [1.54, 1.807) is 0 Å². The lowest BCUT2D eigenvalue weighted by atomic mass is 10.5. The molecular weight excluding hydrogens is 239 g/mol. The number of rotatable bonds is 10. The van der Waals surface area contributed by atoms with E-state index in [2.05, 4.69) is 16.3 Å². The third-order valence-electron chi connectivity index (χ3n) is 1.42. The number of ether oxygens (including phenoxy) is 2. The van der Waals surface area contributed by atoms with E-state index in [1.807, 2.05) is 6.92 Å². The molecule has 0 aliphatic carbocycles. The van der Waals surface area contributed by atoms with Gasteiger partial charge in [0, 0.05) is 13.7 Å². The summed E-state index contributed by atoms with van der Waals surface area (Å²) in [5.74, 6) is 0. The maximum absolute atomic E-state index is 11.0. The van der Waals surface area contributed by atoms with Crippen LogP contribution in [0.25, 0.3) is 0 Å². The molecule has 0 aliphatic rings. The van der Waals surface area contributed by atoms with Gasteiger partial charge in [-0.1, -0.05) is 18.7 Å². The number of hydrogen-bond acceptors (Lipinski definition) is 6. The molecule has 0 spiro atoms. The minimum absolute atomic E-state index is 0.169. The lowest BCUT2D eigenvalue weighted by Gasteiger charge is -2.24. The first kappa shape index (κ1) is 15.4. The van der Waals surface area contributed by atoms with Gasteiger partial charge in [0.2, 0.25) is 0 Å². The summed E-state index contributed by atoms with van der Waals surface area (Å²) in [6, 6.07) is 0. The maximum Gasteiger partial charge on any atom is 0.115 e. The Bertz CT molecular complexity index is 190. The van der Waals surface area contributed by atoms with Crippen LogP contribution in [0.4, 0.5) is 0 Å². The Labute approximate surface area is 95.9 Å². The molecule has 1 atom stereocenters. The second kappa shape index (κ2) is 9.66. The molecule has 0 aromatic rings. The zero-order valence-electron chi connectivity index (χ0n) is 9.14. The molecule has 0 rings (SSSR count). The van der Waals surface area contributed by atoms with Crippen molar-refractivity contribution in [1.29, 1.82) is 0 Å². The summed E-state index contributed by atoms with van der Waals surface area (Å²) >= 11 is 4.51. The SMILES string of the molecule is CCCOCCOCCOP([O-])(=S)OC. The van der Waals surface area contributed by atoms with Crippen LogP contribution < -0.4 is 4.89 Å². The zero-order chi connectivity index (χ0) is 11.6. The highest BCUT2D eigenvalue weighted by atomic mass is 32.5. The predicted octanol–water partition coefficient (Wildman–Crippen LogP) is 0.677. The average Bonchev–Trinajstić information content (AvgIpc) is 2.22. The Morgan fingerprint density at radius 3 is 2.13 bits per heavy atom. The van der Waals surface area contributed by atoms with Crippen LogP contribution in [0, 0.1) is 0 Å². The second-order valence-electron chi connectivity index (χ2n) is 2.69. The molecule has 0 saturated carbocycles. The summed E-state index contributed by atoms with van der Waals surface area (Å²) in [7, 11) is 1.26. The zero-order valence-corrected chi connectivity index (χ0v) is 10.9. The topological polar surface area (TPSA) is 60.0 Å². The fourth-order valence-corrected chi connectivity index (χ4v) is 1.35. The van der Waals surface area contributed by atoms with Crippen molar-refractivity contribution < 1.29 is 23.4 Å². The van der Waals surface area contributed by atoms with E-state index in [9.17, 15) is 4.89 Å². The predicted molar refractivity (Wildman–Crippen MR) is 59.2 cm³/mol. The maximum atomic E-state index is 11.0. The normalized spacial score (nSPS) is 15.1. The molecular formula is C8H18O5PS-. The van der Waals surface area contributed by atoms with Crippen molar-refractivity contribution in [3.63, 3.8) is 0 Å². The minimum atomic E-state index is -3.27. The lowest BCUT2D eigenvalue weighted by molar-refractivity contribution is -0.205. The Kier molecular flexibility index (Phi) is 9.95. The molecule has 0 bridgehead atoms. The van der Waals surface area contributed by atoms with Gasteiger partial charge < -0.3 is 23.4 Å². The van der Waals surface area contributed by atoms with Gasteiger partial charge in [-0.3, -0.25) is 0 Å². The smallest absolute Gasteiger partial charge is 0.115 e. The number of hydrogen-bond donors (Lipinski definition) is 0. The third-order valence-corrected chi connectivity index (χ3v) is 3.13. The second-order valence-corrected chi connectivity index (χ2v) is 5.55. The molecule has 0 aromatic heterocycles. The van der Waals surface area contributed by atoms with Gasteiger partial charge in [0.05, 0.1) is 26.4 Å². The van der Waals surface area contributed by atoms with Crippen molar-refractivity contribution in [3.8, 4) is 0 Å². The van der Waals surface area contributed by atoms with Crippen LogP contribution in [0.15, 0.2) is 0 Å². The van der Waals surface area contributed by atoms with Gasteiger partial charge in [0.25, 0.3) is 0 Å². The van der Waals surface area contributed by atoms with Crippen molar-refractivity contribution in [2.45, 2.75) is 13.3 Å². The fourth-order valence-electron chi connectivity index (χ4n) is 0.727. The van der Waals surface area contributed by atoms with Crippen LogP contribution in [0.2, 0.25) is 0 Å². The summed E-state index contributed by atoms with van der Waals surface area (Å²) in [6.07, 6.45) is 0.996. The van der Waals surface area contributed by atoms with E-state index in [-0.39, 0.29) is 6.61 Å². The van der Waals surface area contributed by atoms with Gasteiger partial charge in [-0.15, -0.1) is 0 Å². The molecule has 0 fully saturated rings. The highest BCUT2D eigenvalue weighted by Gasteiger charge is 1.99. The van der Waals surface area contributed by atoms with Gasteiger partial charge >= 0.3 is 0 Å². The summed E-state index contributed by atoms with van der Waals surface area (Å²) in [6.45, 7) is 1.07. The standard InChI is InChI=1S/C8H19O5PS/c1-3-4-11-5-6-12-7-8-13-14(9,15)10-2/h3-8H2,1-2H3,(H,9,15)/p-1. The molecule has 0 amide bonds. The van der Waals surface area contributed by atoms with Crippen molar-refractivity contribution in [1.82, 2.24) is 0 Å². The highest BCUT2D eigenvalue weighted by molar-refractivity contribution is 8.06. The first-order valence-electron chi connectivity index (χ1n) is 4.79. The van der Waals surface area contributed by atoms with Gasteiger partial charge in [-0.2, -0.15) is 0 Å². The minimum Gasteiger partial charge on any atom is -0.780 e. The molecule has 0 aliphatic heterocycles. The molecule has 1 unspecified atom stereocenters. The van der Waals surface area contributed by atoms with Gasteiger partial charge in [0.15, 0.2) is 0 Å². The van der Waals surface area contributed by atoms with E-state index in [1.165, 1.54) is 7.11 Å². The summed E-state index contributed by atoms with van der Waals surface area (Å²) in [5.41, 5.74) is 0. The lowest BCUT2D eigenvalue weighted by Crippen LogP contribution is -2.12. The Morgan fingerprint density at radius 1 is 1.07 bits per heavy atom. The van der Waals surface area contributed by atoms with Crippen LogP contribution in [0.5, 0.6) is 0 Å². The first-order chi connectivity index (χ1) is 7.12. The van der Waals surface area contributed by atoms with E-state index in [0.29, 0.717) is 19.8 Å². The van der Waals surface area contributed by atoms with Crippen LogP contribution in [-0.2, 0) is 30.3 Å². The quantitative estimate of drug-likeness (QED) is 0.423. The molecule has 92 valence electrons. The Balaban J connectivity index is 3.15. The molecule has 15 heavy (non-hydrogen) atoms. The van der Waals surface area contributed by atoms with Crippen molar-refractivity contribution in [3.05, 3.63) is 0 Å². The van der Waals surface area contributed by atoms with E-state index in [0.717, 1.165) is 13.0 Å². The Hall–Kier alpha value is 0.450. The van der Waals surface area contributed by atoms with Crippen LogP contribution in [0.1, 0.15) is 13.3 Å². The van der Waals surface area contributed by atoms with Gasteiger partial charge in [0.1, 0.15) is 6.72 Å². The molecule has 0 radical (unpaired) electrons. The van der Waals surface area contributed by atoms with E-state index in [4.69, 9.17) is 14.0 Å². The monoisotopic (exact) mass is 257 g/mol. The molecule has 0 heterocycles. The van der Waals surface area contributed by atoms with Crippen molar-refractivity contribution in [2.24, 2.45) is 0 Å². The van der Waals surface area contributed by atoms with E-state index >= 15 is 0 Å². The Morgan fingerprint density at radius 2 is 1.60 bits per heavy atom. The third kappa shape index (κ3) is 10.7. The van der Waals surface area contributed by atoms with Crippen molar-refractivity contribution >= 4 is 18.5 Å². The molecule has 0 aromatic carbocycles. The van der Waals surface area contributed by atoms with Crippen molar-refractivity contribution in [2.75, 3.05) is 40.1 Å². The molecule has 7 heteroatoms. The molecule has 5 nitrogen and oxygen atoms in total.